The van der Waals surface area contributed by atoms with Gasteiger partial charge in [-0.1, -0.05) is 12.1 Å². The van der Waals surface area contributed by atoms with Crippen LogP contribution in [0.3, 0.4) is 0 Å². The minimum absolute atomic E-state index is 0.0670. The quantitative estimate of drug-likeness (QED) is 0.817. The molecule has 1 aliphatic heterocycles. The highest BCUT2D eigenvalue weighted by atomic mass is 16.5. The van der Waals surface area contributed by atoms with Crippen LogP contribution in [0.5, 0.6) is 11.5 Å². The molecule has 5 heteroatoms. The van der Waals surface area contributed by atoms with E-state index in [1.807, 2.05) is 25.1 Å². The lowest BCUT2D eigenvalue weighted by Gasteiger charge is -2.25. The Hall–Kier alpha value is -2.01. The number of rotatable bonds is 6. The van der Waals surface area contributed by atoms with Gasteiger partial charge in [-0.05, 0) is 19.1 Å². The number of aliphatic carboxylic acids is 1. The van der Waals surface area contributed by atoms with Crippen LogP contribution < -0.4 is 9.47 Å². The average Bonchev–Trinajstić information content (AvgIpc) is 2.49. The highest BCUT2D eigenvalue weighted by Crippen LogP contribution is 2.34. The monoisotopic (exact) mass is 292 g/mol. The van der Waals surface area contributed by atoms with E-state index < -0.39 is 5.97 Å². The summed E-state index contributed by atoms with van der Waals surface area (Å²) in [7, 11) is 0. The van der Waals surface area contributed by atoms with Crippen LogP contribution in [0.1, 0.15) is 25.3 Å². The van der Waals surface area contributed by atoms with Crippen molar-refractivity contribution in [3.05, 3.63) is 29.8 Å². The molecule has 1 aromatic carbocycles. The van der Waals surface area contributed by atoms with E-state index in [-0.39, 0.29) is 6.10 Å². The molecule has 0 aromatic heterocycles. The van der Waals surface area contributed by atoms with Crippen molar-refractivity contribution in [2.75, 3.05) is 19.8 Å². The molecule has 1 saturated heterocycles. The van der Waals surface area contributed by atoms with Gasteiger partial charge in [0.2, 0.25) is 0 Å². The molecule has 0 saturated carbocycles. The number of ether oxygens (including phenoxy) is 3. The van der Waals surface area contributed by atoms with Crippen LogP contribution in [0.4, 0.5) is 0 Å². The van der Waals surface area contributed by atoms with Gasteiger partial charge in [-0.25, -0.2) is 4.79 Å². The molecule has 0 amide bonds. The van der Waals surface area contributed by atoms with Crippen molar-refractivity contribution >= 4 is 12.0 Å². The third-order valence-corrected chi connectivity index (χ3v) is 3.17. The molecule has 0 radical (unpaired) electrons. The number of hydrogen-bond donors (Lipinski definition) is 1. The van der Waals surface area contributed by atoms with Gasteiger partial charge in [-0.2, -0.15) is 0 Å². The summed E-state index contributed by atoms with van der Waals surface area (Å²) in [5.41, 5.74) is 0.704. The maximum Gasteiger partial charge on any atom is 0.328 e. The van der Waals surface area contributed by atoms with Crippen molar-refractivity contribution in [1.82, 2.24) is 0 Å². The predicted octanol–water partition coefficient (Wildman–Crippen LogP) is 2.74. The summed E-state index contributed by atoms with van der Waals surface area (Å²) >= 11 is 0. The van der Waals surface area contributed by atoms with Gasteiger partial charge in [0.05, 0.1) is 19.8 Å². The van der Waals surface area contributed by atoms with Crippen LogP contribution >= 0.6 is 0 Å². The first-order valence-corrected chi connectivity index (χ1v) is 7.12. The van der Waals surface area contributed by atoms with E-state index in [1.165, 1.54) is 6.08 Å². The molecule has 21 heavy (non-hydrogen) atoms. The summed E-state index contributed by atoms with van der Waals surface area (Å²) in [6.07, 6.45) is 4.34. The molecule has 0 unspecified atom stereocenters. The third-order valence-electron chi connectivity index (χ3n) is 3.17. The summed E-state index contributed by atoms with van der Waals surface area (Å²) < 4.78 is 17.0. The Morgan fingerprint density at radius 3 is 2.86 bits per heavy atom. The molecule has 5 nitrogen and oxygen atoms in total. The second kappa shape index (κ2) is 7.69. The van der Waals surface area contributed by atoms with Gasteiger partial charge < -0.3 is 19.3 Å². The zero-order valence-electron chi connectivity index (χ0n) is 12.1. The molecule has 1 N–H and O–H groups in total. The zero-order chi connectivity index (χ0) is 15.1. The van der Waals surface area contributed by atoms with E-state index >= 15 is 0 Å². The lowest BCUT2D eigenvalue weighted by Crippen LogP contribution is -2.26. The van der Waals surface area contributed by atoms with Crippen molar-refractivity contribution < 1.29 is 24.1 Å². The maximum absolute atomic E-state index is 10.7. The minimum atomic E-state index is -0.992. The summed E-state index contributed by atoms with van der Waals surface area (Å²) in [5, 5.41) is 8.78. The van der Waals surface area contributed by atoms with Gasteiger partial charge in [0.15, 0.2) is 11.5 Å². The fourth-order valence-corrected chi connectivity index (χ4v) is 2.18. The second-order valence-corrected chi connectivity index (χ2v) is 4.71. The van der Waals surface area contributed by atoms with Gasteiger partial charge in [-0.3, -0.25) is 0 Å². The first-order chi connectivity index (χ1) is 10.2. The van der Waals surface area contributed by atoms with Gasteiger partial charge in [0, 0.05) is 24.5 Å². The van der Waals surface area contributed by atoms with Crippen molar-refractivity contribution in [3.63, 3.8) is 0 Å². The fraction of sp³-hybridized carbons (Fsp3) is 0.438. The Balaban J connectivity index is 2.26. The standard InChI is InChI=1S/C16H20O5/c1-2-20-14-5-3-4-12(6-7-15(17)18)16(14)21-13-8-10-19-11-9-13/h3-7,13H,2,8-11H2,1H3,(H,17,18). The highest BCUT2D eigenvalue weighted by molar-refractivity contribution is 5.86. The molecular weight excluding hydrogens is 272 g/mol. The molecule has 1 fully saturated rings. The van der Waals surface area contributed by atoms with Crippen molar-refractivity contribution in [1.29, 1.82) is 0 Å². The molecule has 0 aliphatic carbocycles. The Kier molecular flexibility index (Phi) is 5.63. The highest BCUT2D eigenvalue weighted by Gasteiger charge is 2.19. The molecule has 1 aliphatic rings. The van der Waals surface area contributed by atoms with Crippen LogP contribution in [0, 0.1) is 0 Å². The summed E-state index contributed by atoms with van der Waals surface area (Å²) in [5.74, 6) is 0.245. The van der Waals surface area contributed by atoms with Crippen LogP contribution in [-0.4, -0.2) is 37.0 Å². The normalized spacial score (nSPS) is 16.0. The van der Waals surface area contributed by atoms with Gasteiger partial charge in [0.1, 0.15) is 6.10 Å². The van der Waals surface area contributed by atoms with Gasteiger partial charge >= 0.3 is 5.97 Å². The van der Waals surface area contributed by atoms with E-state index in [4.69, 9.17) is 19.3 Å². The van der Waals surface area contributed by atoms with E-state index in [9.17, 15) is 4.79 Å². The number of benzene rings is 1. The summed E-state index contributed by atoms with van der Waals surface area (Å²) in [4.78, 5) is 10.7. The zero-order valence-corrected chi connectivity index (χ0v) is 12.1. The fourth-order valence-electron chi connectivity index (χ4n) is 2.18. The number of para-hydroxylation sites is 1. The van der Waals surface area contributed by atoms with Crippen molar-refractivity contribution in [3.8, 4) is 11.5 Å². The molecule has 2 rings (SSSR count). The van der Waals surface area contributed by atoms with E-state index in [1.54, 1.807) is 0 Å². The second-order valence-electron chi connectivity index (χ2n) is 4.71. The molecule has 114 valence electrons. The Morgan fingerprint density at radius 2 is 2.19 bits per heavy atom. The number of carboxylic acid groups (broad SMARTS) is 1. The molecule has 0 bridgehead atoms. The topological polar surface area (TPSA) is 65.0 Å². The predicted molar refractivity (Wildman–Crippen MR) is 78.7 cm³/mol. The smallest absolute Gasteiger partial charge is 0.328 e. The summed E-state index contributed by atoms with van der Waals surface area (Å²) in [6, 6.07) is 5.47. The van der Waals surface area contributed by atoms with Crippen molar-refractivity contribution in [2.45, 2.75) is 25.9 Å². The number of carbonyl (C=O) groups is 1. The first-order valence-electron chi connectivity index (χ1n) is 7.12. The van der Waals surface area contributed by atoms with Gasteiger partial charge in [0.25, 0.3) is 0 Å². The van der Waals surface area contributed by atoms with E-state index in [0.717, 1.165) is 18.9 Å². The van der Waals surface area contributed by atoms with Crippen LogP contribution in [0.15, 0.2) is 24.3 Å². The third kappa shape index (κ3) is 4.49. The minimum Gasteiger partial charge on any atom is -0.490 e. The van der Waals surface area contributed by atoms with Crippen molar-refractivity contribution in [2.24, 2.45) is 0 Å². The Bertz CT molecular complexity index is 503. The van der Waals surface area contributed by atoms with Crippen LogP contribution in [-0.2, 0) is 9.53 Å². The maximum atomic E-state index is 10.7. The molecule has 0 atom stereocenters. The Morgan fingerprint density at radius 1 is 1.43 bits per heavy atom. The van der Waals surface area contributed by atoms with E-state index in [0.29, 0.717) is 36.9 Å². The molecular formula is C16H20O5. The number of hydrogen-bond acceptors (Lipinski definition) is 4. The Labute approximate surface area is 124 Å². The average molecular weight is 292 g/mol. The molecule has 1 aromatic rings. The number of carboxylic acids is 1. The SMILES string of the molecule is CCOc1cccc(C=CC(=O)O)c1OC1CCOCC1. The lowest BCUT2D eigenvalue weighted by atomic mass is 10.1. The first kappa shape index (κ1) is 15.4. The molecule has 1 heterocycles. The molecule has 0 spiro atoms. The lowest BCUT2D eigenvalue weighted by molar-refractivity contribution is -0.131. The van der Waals surface area contributed by atoms with Gasteiger partial charge in [-0.15, -0.1) is 0 Å². The summed E-state index contributed by atoms with van der Waals surface area (Å²) in [6.45, 7) is 3.79. The van der Waals surface area contributed by atoms with E-state index in [2.05, 4.69) is 0 Å². The van der Waals surface area contributed by atoms with Crippen LogP contribution in [0.2, 0.25) is 0 Å². The van der Waals surface area contributed by atoms with Crippen LogP contribution in [0.25, 0.3) is 6.08 Å². The largest absolute Gasteiger partial charge is 0.490 e.